The normalized spacial score (nSPS) is 15.9. The molecule has 0 amide bonds. The van der Waals surface area contributed by atoms with Crippen LogP contribution in [0.3, 0.4) is 0 Å². The molecule has 1 unspecified atom stereocenters. The summed E-state index contributed by atoms with van der Waals surface area (Å²) in [4.78, 5) is 10.4. The Morgan fingerprint density at radius 1 is 1.64 bits per heavy atom. The van der Waals surface area contributed by atoms with Crippen molar-refractivity contribution in [3.05, 3.63) is 0 Å². The number of hydrogen-bond acceptors (Lipinski definition) is 3. The SMILES string of the molecule is CCCCC(O)(OC)C(=O)O. The van der Waals surface area contributed by atoms with Crippen LogP contribution in [0.15, 0.2) is 0 Å². The molecule has 0 fully saturated rings. The second-order valence-electron chi connectivity index (χ2n) is 2.40. The number of ether oxygens (including phenoxy) is 1. The third-order valence-corrected chi connectivity index (χ3v) is 1.54. The zero-order chi connectivity index (χ0) is 8.91. The fourth-order valence-corrected chi connectivity index (χ4v) is 0.713. The van der Waals surface area contributed by atoms with Gasteiger partial charge in [-0.2, -0.15) is 0 Å². The average molecular weight is 162 g/mol. The van der Waals surface area contributed by atoms with Crippen LogP contribution in [0, 0.1) is 0 Å². The van der Waals surface area contributed by atoms with Gasteiger partial charge in [-0.15, -0.1) is 0 Å². The molecular weight excluding hydrogens is 148 g/mol. The van der Waals surface area contributed by atoms with Crippen LogP contribution in [0.2, 0.25) is 0 Å². The van der Waals surface area contributed by atoms with Crippen molar-refractivity contribution < 1.29 is 19.7 Å². The largest absolute Gasteiger partial charge is 0.477 e. The Kier molecular flexibility index (Phi) is 4.07. The lowest BCUT2D eigenvalue weighted by Crippen LogP contribution is -2.40. The second kappa shape index (κ2) is 4.31. The highest BCUT2D eigenvalue weighted by Gasteiger charge is 2.34. The van der Waals surface area contributed by atoms with E-state index in [1.165, 1.54) is 7.11 Å². The molecule has 0 aliphatic rings. The molecule has 0 rings (SSSR count). The van der Waals surface area contributed by atoms with Crippen molar-refractivity contribution in [2.75, 3.05) is 7.11 Å². The first-order valence-corrected chi connectivity index (χ1v) is 3.57. The molecule has 11 heavy (non-hydrogen) atoms. The summed E-state index contributed by atoms with van der Waals surface area (Å²) in [5.41, 5.74) is 0. The highest BCUT2D eigenvalue weighted by Crippen LogP contribution is 2.14. The van der Waals surface area contributed by atoms with Crippen molar-refractivity contribution >= 4 is 5.97 Å². The number of carboxylic acid groups (broad SMARTS) is 1. The summed E-state index contributed by atoms with van der Waals surface area (Å²) < 4.78 is 4.46. The Labute approximate surface area is 65.8 Å². The molecule has 4 heteroatoms. The molecule has 0 saturated carbocycles. The van der Waals surface area contributed by atoms with Crippen LogP contribution in [0.1, 0.15) is 26.2 Å². The van der Waals surface area contributed by atoms with Gasteiger partial charge in [-0.3, -0.25) is 0 Å². The Bertz CT molecular complexity index is 134. The fourth-order valence-electron chi connectivity index (χ4n) is 0.713. The van der Waals surface area contributed by atoms with Gasteiger partial charge in [0.15, 0.2) is 0 Å². The zero-order valence-electron chi connectivity index (χ0n) is 6.83. The molecule has 0 saturated heterocycles. The minimum atomic E-state index is -1.99. The van der Waals surface area contributed by atoms with Gasteiger partial charge in [-0.1, -0.05) is 13.3 Å². The Hall–Kier alpha value is -0.610. The molecule has 66 valence electrons. The van der Waals surface area contributed by atoms with Gasteiger partial charge >= 0.3 is 5.97 Å². The van der Waals surface area contributed by atoms with E-state index in [-0.39, 0.29) is 6.42 Å². The van der Waals surface area contributed by atoms with Crippen molar-refractivity contribution in [3.63, 3.8) is 0 Å². The highest BCUT2D eigenvalue weighted by atomic mass is 16.6. The lowest BCUT2D eigenvalue weighted by atomic mass is 10.1. The van der Waals surface area contributed by atoms with Crippen LogP contribution in [0.5, 0.6) is 0 Å². The van der Waals surface area contributed by atoms with Gasteiger partial charge in [0.05, 0.1) is 0 Å². The minimum Gasteiger partial charge on any atom is -0.477 e. The van der Waals surface area contributed by atoms with E-state index >= 15 is 0 Å². The Morgan fingerprint density at radius 3 is 2.45 bits per heavy atom. The quantitative estimate of drug-likeness (QED) is 0.581. The standard InChI is InChI=1S/C7H14O4/c1-3-4-5-7(10,11-2)6(8)9/h10H,3-5H2,1-2H3,(H,8,9). The van der Waals surface area contributed by atoms with Gasteiger partial charge < -0.3 is 14.9 Å². The fraction of sp³-hybridized carbons (Fsp3) is 0.857. The predicted molar refractivity (Wildman–Crippen MR) is 39.1 cm³/mol. The molecule has 0 aromatic rings. The summed E-state index contributed by atoms with van der Waals surface area (Å²) in [5, 5.41) is 17.7. The van der Waals surface area contributed by atoms with Crippen molar-refractivity contribution in [2.24, 2.45) is 0 Å². The van der Waals surface area contributed by atoms with E-state index < -0.39 is 11.8 Å². The number of hydrogen-bond donors (Lipinski definition) is 2. The molecule has 2 N–H and O–H groups in total. The van der Waals surface area contributed by atoms with E-state index in [1.807, 2.05) is 6.92 Å². The summed E-state index contributed by atoms with van der Waals surface area (Å²) in [6.07, 6.45) is 1.60. The van der Waals surface area contributed by atoms with Gasteiger partial charge in [-0.05, 0) is 6.42 Å². The van der Waals surface area contributed by atoms with Crippen LogP contribution in [0.4, 0.5) is 0 Å². The maximum atomic E-state index is 10.4. The highest BCUT2D eigenvalue weighted by molar-refractivity contribution is 5.75. The first-order valence-electron chi connectivity index (χ1n) is 3.57. The Balaban J connectivity index is 3.99. The maximum absolute atomic E-state index is 10.4. The van der Waals surface area contributed by atoms with E-state index in [4.69, 9.17) is 5.11 Å². The average Bonchev–Trinajstić information content (AvgIpc) is 2.00. The number of carbonyl (C=O) groups is 1. The molecule has 0 heterocycles. The van der Waals surface area contributed by atoms with E-state index in [0.717, 1.165) is 6.42 Å². The smallest absolute Gasteiger partial charge is 0.364 e. The first kappa shape index (κ1) is 10.4. The van der Waals surface area contributed by atoms with Crippen LogP contribution in [0.25, 0.3) is 0 Å². The van der Waals surface area contributed by atoms with Gasteiger partial charge in [0.25, 0.3) is 5.79 Å². The van der Waals surface area contributed by atoms with Crippen LogP contribution in [-0.2, 0) is 9.53 Å². The monoisotopic (exact) mass is 162 g/mol. The van der Waals surface area contributed by atoms with Crippen molar-refractivity contribution in [2.45, 2.75) is 32.0 Å². The van der Waals surface area contributed by atoms with E-state index in [9.17, 15) is 9.90 Å². The van der Waals surface area contributed by atoms with Crippen molar-refractivity contribution in [1.29, 1.82) is 0 Å². The van der Waals surface area contributed by atoms with Crippen molar-refractivity contribution in [1.82, 2.24) is 0 Å². The summed E-state index contributed by atoms with van der Waals surface area (Å²) in [7, 11) is 1.18. The van der Waals surface area contributed by atoms with Gasteiger partial charge in [0.2, 0.25) is 0 Å². The summed E-state index contributed by atoms with van der Waals surface area (Å²) in [6.45, 7) is 1.91. The number of methoxy groups -OCH3 is 1. The zero-order valence-corrected chi connectivity index (χ0v) is 6.83. The molecule has 1 atom stereocenters. The number of aliphatic hydroxyl groups is 1. The number of aliphatic carboxylic acids is 1. The van der Waals surface area contributed by atoms with Crippen LogP contribution in [-0.4, -0.2) is 29.1 Å². The summed E-state index contributed by atoms with van der Waals surface area (Å²) >= 11 is 0. The van der Waals surface area contributed by atoms with Gasteiger partial charge in [0, 0.05) is 13.5 Å². The topological polar surface area (TPSA) is 66.8 Å². The van der Waals surface area contributed by atoms with E-state index in [1.54, 1.807) is 0 Å². The van der Waals surface area contributed by atoms with Crippen molar-refractivity contribution in [3.8, 4) is 0 Å². The van der Waals surface area contributed by atoms with Crippen LogP contribution >= 0.6 is 0 Å². The maximum Gasteiger partial charge on any atom is 0.364 e. The third-order valence-electron chi connectivity index (χ3n) is 1.54. The second-order valence-corrected chi connectivity index (χ2v) is 2.40. The minimum absolute atomic E-state index is 0.134. The molecule has 0 aromatic carbocycles. The number of unbranched alkanes of at least 4 members (excludes halogenated alkanes) is 1. The lowest BCUT2D eigenvalue weighted by Gasteiger charge is -2.20. The summed E-state index contributed by atoms with van der Waals surface area (Å²) in [5.74, 6) is -3.32. The summed E-state index contributed by atoms with van der Waals surface area (Å²) in [6, 6.07) is 0. The van der Waals surface area contributed by atoms with E-state index in [2.05, 4.69) is 4.74 Å². The predicted octanol–water partition coefficient (Wildman–Crippen LogP) is 0.596. The van der Waals surface area contributed by atoms with E-state index in [0.29, 0.717) is 6.42 Å². The third kappa shape index (κ3) is 2.86. The lowest BCUT2D eigenvalue weighted by molar-refractivity contribution is -0.216. The molecule has 0 aliphatic heterocycles. The number of carboxylic acids is 1. The number of rotatable bonds is 5. The molecular formula is C7H14O4. The van der Waals surface area contributed by atoms with Gasteiger partial charge in [-0.25, -0.2) is 4.79 Å². The molecule has 4 nitrogen and oxygen atoms in total. The molecule has 0 radical (unpaired) electrons. The Morgan fingerprint density at radius 2 is 2.18 bits per heavy atom. The molecule has 0 aromatic heterocycles. The van der Waals surface area contributed by atoms with Gasteiger partial charge in [0.1, 0.15) is 0 Å². The molecule has 0 bridgehead atoms. The first-order chi connectivity index (χ1) is 5.06. The molecule has 0 aliphatic carbocycles. The van der Waals surface area contributed by atoms with Crippen LogP contribution < -0.4 is 0 Å². The molecule has 0 spiro atoms.